The highest BCUT2D eigenvalue weighted by Gasteiger charge is 2.29. The first-order valence-electron chi connectivity index (χ1n) is 8.09. The Morgan fingerprint density at radius 3 is 3.19 bits per heavy atom. The molecule has 3 heterocycles. The Balaban J connectivity index is 1.70. The second-order valence-corrected chi connectivity index (χ2v) is 6.65. The SMILES string of the molecule is Cc1[nH]c(=O)c(C#N)cc1C(=O)N[C@@H]1COCC[C@@H]1OCc1cscn1. The van der Waals surface area contributed by atoms with E-state index in [9.17, 15) is 9.59 Å². The molecular formula is C17H18N4O4S. The summed E-state index contributed by atoms with van der Waals surface area (Å²) < 4.78 is 11.4. The van der Waals surface area contributed by atoms with E-state index in [4.69, 9.17) is 14.7 Å². The molecule has 0 unspecified atom stereocenters. The first kappa shape index (κ1) is 18.3. The van der Waals surface area contributed by atoms with E-state index in [1.54, 1.807) is 18.5 Å². The van der Waals surface area contributed by atoms with Gasteiger partial charge in [-0.25, -0.2) is 4.98 Å². The molecule has 0 radical (unpaired) electrons. The van der Waals surface area contributed by atoms with Gasteiger partial charge >= 0.3 is 0 Å². The van der Waals surface area contributed by atoms with Crippen LogP contribution in [0.2, 0.25) is 0 Å². The Labute approximate surface area is 153 Å². The molecule has 0 saturated carbocycles. The van der Waals surface area contributed by atoms with Crippen LogP contribution < -0.4 is 10.9 Å². The minimum absolute atomic E-state index is 0.100. The lowest BCUT2D eigenvalue weighted by Crippen LogP contribution is -2.50. The molecule has 2 atom stereocenters. The molecule has 1 aliphatic rings. The molecule has 0 aromatic carbocycles. The Hall–Kier alpha value is -2.54. The van der Waals surface area contributed by atoms with E-state index in [0.717, 1.165) is 5.69 Å². The fourth-order valence-corrected chi connectivity index (χ4v) is 3.28. The van der Waals surface area contributed by atoms with E-state index in [2.05, 4.69) is 15.3 Å². The predicted molar refractivity (Wildman–Crippen MR) is 93.9 cm³/mol. The number of aromatic amines is 1. The summed E-state index contributed by atoms with van der Waals surface area (Å²) in [5.74, 6) is -0.381. The number of nitrogens with zero attached hydrogens (tertiary/aromatic N) is 2. The molecule has 1 saturated heterocycles. The van der Waals surface area contributed by atoms with Gasteiger partial charge in [-0.3, -0.25) is 9.59 Å². The molecule has 2 N–H and O–H groups in total. The average molecular weight is 374 g/mol. The zero-order valence-electron chi connectivity index (χ0n) is 14.2. The maximum Gasteiger partial charge on any atom is 0.266 e. The van der Waals surface area contributed by atoms with Gasteiger partial charge in [-0.1, -0.05) is 0 Å². The first-order chi connectivity index (χ1) is 12.6. The van der Waals surface area contributed by atoms with E-state index >= 15 is 0 Å². The van der Waals surface area contributed by atoms with Crippen LogP contribution in [0, 0.1) is 18.3 Å². The van der Waals surface area contributed by atoms with E-state index in [-0.39, 0.29) is 29.2 Å². The largest absolute Gasteiger partial charge is 0.379 e. The van der Waals surface area contributed by atoms with Crippen molar-refractivity contribution in [2.45, 2.75) is 32.1 Å². The van der Waals surface area contributed by atoms with Crippen molar-refractivity contribution in [3.63, 3.8) is 0 Å². The van der Waals surface area contributed by atoms with Crippen molar-refractivity contribution < 1.29 is 14.3 Å². The fourth-order valence-electron chi connectivity index (χ4n) is 2.74. The summed E-state index contributed by atoms with van der Waals surface area (Å²) in [5.41, 5.74) is 2.65. The number of hydrogen-bond acceptors (Lipinski definition) is 7. The first-order valence-corrected chi connectivity index (χ1v) is 9.04. The third-order valence-electron chi connectivity index (χ3n) is 4.14. The van der Waals surface area contributed by atoms with Crippen LogP contribution in [-0.4, -0.2) is 41.2 Å². The summed E-state index contributed by atoms with van der Waals surface area (Å²) in [5, 5.41) is 13.8. The maximum absolute atomic E-state index is 12.6. The number of amides is 1. The molecule has 2 aromatic rings. The number of hydrogen-bond donors (Lipinski definition) is 2. The van der Waals surface area contributed by atoms with Gasteiger partial charge < -0.3 is 19.8 Å². The van der Waals surface area contributed by atoms with Crippen LogP contribution in [0.15, 0.2) is 21.8 Å². The predicted octanol–water partition coefficient (Wildman–Crippen LogP) is 1.12. The van der Waals surface area contributed by atoms with Crippen molar-refractivity contribution >= 4 is 17.2 Å². The minimum atomic E-state index is -0.507. The van der Waals surface area contributed by atoms with Crippen molar-refractivity contribution in [2.75, 3.05) is 13.2 Å². The molecule has 1 fully saturated rings. The Morgan fingerprint density at radius 2 is 2.46 bits per heavy atom. The molecule has 1 aliphatic heterocycles. The van der Waals surface area contributed by atoms with Crippen molar-refractivity contribution in [1.29, 1.82) is 5.26 Å². The number of aromatic nitrogens is 2. The molecule has 136 valence electrons. The lowest BCUT2D eigenvalue weighted by molar-refractivity contribution is -0.0611. The smallest absolute Gasteiger partial charge is 0.266 e. The molecule has 0 aliphatic carbocycles. The minimum Gasteiger partial charge on any atom is -0.379 e. The van der Waals surface area contributed by atoms with E-state index in [0.29, 0.717) is 31.9 Å². The number of pyridine rings is 1. The zero-order chi connectivity index (χ0) is 18.5. The van der Waals surface area contributed by atoms with Crippen LogP contribution in [0.4, 0.5) is 0 Å². The second kappa shape index (κ2) is 8.23. The van der Waals surface area contributed by atoms with Gasteiger partial charge in [-0.15, -0.1) is 11.3 Å². The van der Waals surface area contributed by atoms with Crippen LogP contribution in [0.5, 0.6) is 0 Å². The Bertz CT molecular complexity index is 872. The monoisotopic (exact) mass is 374 g/mol. The highest BCUT2D eigenvalue weighted by atomic mass is 32.1. The number of nitrogens with one attached hydrogen (secondary N) is 2. The number of nitriles is 1. The van der Waals surface area contributed by atoms with Gasteiger partial charge in [0.25, 0.3) is 11.5 Å². The quantitative estimate of drug-likeness (QED) is 0.810. The van der Waals surface area contributed by atoms with Crippen molar-refractivity contribution in [3.05, 3.63) is 49.8 Å². The van der Waals surface area contributed by atoms with Crippen molar-refractivity contribution in [2.24, 2.45) is 0 Å². The number of carbonyl (C=O) groups excluding carboxylic acids is 1. The normalized spacial score (nSPS) is 19.7. The summed E-state index contributed by atoms with van der Waals surface area (Å²) in [7, 11) is 0. The van der Waals surface area contributed by atoms with Gasteiger partial charge in [-0.05, 0) is 19.4 Å². The molecular weight excluding hydrogens is 356 g/mol. The number of rotatable bonds is 5. The van der Waals surface area contributed by atoms with Crippen LogP contribution in [0.3, 0.4) is 0 Å². The molecule has 2 aromatic heterocycles. The molecule has 1 amide bonds. The van der Waals surface area contributed by atoms with Crippen LogP contribution in [0.25, 0.3) is 0 Å². The third-order valence-corrected chi connectivity index (χ3v) is 4.78. The fraction of sp³-hybridized carbons (Fsp3) is 0.412. The number of aryl methyl sites for hydroxylation is 1. The third kappa shape index (κ3) is 4.16. The average Bonchev–Trinajstić information content (AvgIpc) is 3.14. The van der Waals surface area contributed by atoms with Gasteiger partial charge in [0, 0.05) is 17.7 Å². The summed E-state index contributed by atoms with van der Waals surface area (Å²) in [4.78, 5) is 31.0. The molecule has 3 rings (SSSR count). The van der Waals surface area contributed by atoms with Crippen LogP contribution in [-0.2, 0) is 16.1 Å². The number of ether oxygens (including phenoxy) is 2. The highest BCUT2D eigenvalue weighted by Crippen LogP contribution is 2.16. The van der Waals surface area contributed by atoms with Gasteiger partial charge in [0.2, 0.25) is 0 Å². The van der Waals surface area contributed by atoms with Crippen molar-refractivity contribution in [1.82, 2.24) is 15.3 Å². The van der Waals surface area contributed by atoms with E-state index < -0.39 is 5.56 Å². The van der Waals surface area contributed by atoms with E-state index in [1.165, 1.54) is 17.4 Å². The topological polar surface area (TPSA) is 117 Å². The second-order valence-electron chi connectivity index (χ2n) is 5.94. The summed E-state index contributed by atoms with van der Waals surface area (Å²) in [6.07, 6.45) is 0.455. The lowest BCUT2D eigenvalue weighted by Gasteiger charge is -2.32. The Morgan fingerprint density at radius 1 is 1.62 bits per heavy atom. The summed E-state index contributed by atoms with van der Waals surface area (Å²) in [6, 6.07) is 2.76. The van der Waals surface area contributed by atoms with Crippen molar-refractivity contribution in [3.8, 4) is 6.07 Å². The van der Waals surface area contributed by atoms with E-state index in [1.807, 2.05) is 5.38 Å². The zero-order valence-corrected chi connectivity index (χ0v) is 15.0. The molecule has 0 spiro atoms. The lowest BCUT2D eigenvalue weighted by atomic mass is 10.0. The van der Waals surface area contributed by atoms with Gasteiger partial charge in [0.15, 0.2) is 0 Å². The number of H-pyrrole nitrogens is 1. The molecule has 26 heavy (non-hydrogen) atoms. The van der Waals surface area contributed by atoms with Gasteiger partial charge in [0.05, 0.1) is 42.1 Å². The van der Waals surface area contributed by atoms with Gasteiger partial charge in [-0.2, -0.15) is 5.26 Å². The molecule has 0 bridgehead atoms. The summed E-state index contributed by atoms with van der Waals surface area (Å²) in [6.45, 7) is 2.88. The molecule has 9 heteroatoms. The number of carbonyl (C=O) groups is 1. The highest BCUT2D eigenvalue weighted by molar-refractivity contribution is 7.07. The Kier molecular flexibility index (Phi) is 5.78. The standard InChI is InChI=1S/C17H18N4O4S/c1-10-13(4-11(5-18)16(22)20-10)17(23)21-14-7-24-3-2-15(14)25-6-12-8-26-9-19-12/h4,8-9,14-15H,2-3,6-7H2,1H3,(H,20,22)(H,21,23)/t14-,15+/m1/s1. The van der Waals surface area contributed by atoms with Crippen LogP contribution in [0.1, 0.15) is 33.7 Å². The number of thiazole rings is 1. The maximum atomic E-state index is 12.6. The van der Waals surface area contributed by atoms with Crippen LogP contribution >= 0.6 is 11.3 Å². The summed E-state index contributed by atoms with van der Waals surface area (Å²) >= 11 is 1.50. The molecule has 8 nitrogen and oxygen atoms in total. The van der Waals surface area contributed by atoms with Gasteiger partial charge in [0.1, 0.15) is 11.6 Å².